The first-order chi connectivity index (χ1) is 14.0. The van der Waals surface area contributed by atoms with Crippen molar-refractivity contribution < 1.29 is 9.59 Å². The van der Waals surface area contributed by atoms with Crippen molar-refractivity contribution in [1.29, 1.82) is 0 Å². The van der Waals surface area contributed by atoms with Crippen LogP contribution in [0.5, 0.6) is 0 Å². The zero-order valence-corrected chi connectivity index (χ0v) is 15.9. The lowest BCUT2D eigenvalue weighted by Gasteiger charge is -2.08. The van der Waals surface area contributed by atoms with Gasteiger partial charge < -0.3 is 15.2 Å². The summed E-state index contributed by atoms with van der Waals surface area (Å²) >= 11 is 0. The average molecular weight is 386 g/mol. The molecule has 0 saturated heterocycles. The first-order valence-corrected chi connectivity index (χ1v) is 8.91. The van der Waals surface area contributed by atoms with Crippen molar-refractivity contribution in [2.24, 2.45) is 7.05 Å². The summed E-state index contributed by atoms with van der Waals surface area (Å²) in [5.41, 5.74) is 2.60. The number of hydrogen-bond donors (Lipinski definition) is 2. The predicted molar refractivity (Wildman–Crippen MR) is 110 cm³/mol. The molecule has 0 unspecified atom stereocenters. The van der Waals surface area contributed by atoms with Gasteiger partial charge >= 0.3 is 0 Å². The smallest absolute Gasteiger partial charge is 0.269 e. The van der Waals surface area contributed by atoms with Crippen molar-refractivity contribution in [2.75, 3.05) is 12.4 Å². The van der Waals surface area contributed by atoms with Gasteiger partial charge in [0.2, 0.25) is 0 Å². The van der Waals surface area contributed by atoms with Gasteiger partial charge in [-0.25, -0.2) is 9.97 Å². The van der Waals surface area contributed by atoms with Gasteiger partial charge in [0, 0.05) is 37.4 Å². The Hall–Kier alpha value is -4.07. The highest BCUT2D eigenvalue weighted by Gasteiger charge is 2.11. The molecule has 29 heavy (non-hydrogen) atoms. The Morgan fingerprint density at radius 3 is 2.48 bits per heavy atom. The average Bonchev–Trinajstić information content (AvgIpc) is 3.18. The van der Waals surface area contributed by atoms with E-state index in [0.717, 1.165) is 22.0 Å². The third-order valence-corrected chi connectivity index (χ3v) is 4.56. The minimum Gasteiger partial charge on any atom is -0.354 e. The van der Waals surface area contributed by atoms with Gasteiger partial charge in [-0.05, 0) is 29.7 Å². The molecule has 0 saturated carbocycles. The van der Waals surface area contributed by atoms with Gasteiger partial charge in [0.05, 0.1) is 23.8 Å². The summed E-state index contributed by atoms with van der Waals surface area (Å²) in [6.45, 7) is 0. The lowest BCUT2D eigenvalue weighted by atomic mass is 10.1. The molecule has 8 heteroatoms. The van der Waals surface area contributed by atoms with E-state index in [1.165, 1.54) is 19.3 Å². The van der Waals surface area contributed by atoms with Crippen LogP contribution in [0.1, 0.15) is 20.8 Å². The van der Waals surface area contributed by atoms with Crippen LogP contribution in [-0.2, 0) is 7.05 Å². The van der Waals surface area contributed by atoms with Gasteiger partial charge in [-0.2, -0.15) is 0 Å². The Labute approximate surface area is 166 Å². The molecule has 2 N–H and O–H groups in total. The third kappa shape index (κ3) is 3.68. The number of anilines is 1. The second-order valence-corrected chi connectivity index (χ2v) is 6.49. The van der Waals surface area contributed by atoms with Crippen LogP contribution in [0.4, 0.5) is 5.82 Å². The maximum atomic E-state index is 12.5. The number of carbonyl (C=O) groups excluding carboxylic acids is 2. The number of hydrogen-bond acceptors (Lipinski definition) is 5. The van der Waals surface area contributed by atoms with E-state index in [1.54, 1.807) is 24.8 Å². The van der Waals surface area contributed by atoms with Gasteiger partial charge in [0.1, 0.15) is 11.5 Å². The van der Waals surface area contributed by atoms with Crippen LogP contribution < -0.4 is 10.6 Å². The van der Waals surface area contributed by atoms with E-state index in [-0.39, 0.29) is 17.5 Å². The fraction of sp³-hybridized carbons (Fsp3) is 0.0952. The second kappa shape index (κ2) is 7.51. The lowest BCUT2D eigenvalue weighted by Crippen LogP contribution is -2.20. The van der Waals surface area contributed by atoms with Crippen molar-refractivity contribution in [2.45, 2.75) is 0 Å². The van der Waals surface area contributed by atoms with E-state index < -0.39 is 0 Å². The predicted octanol–water partition coefficient (Wildman–Crippen LogP) is 2.64. The summed E-state index contributed by atoms with van der Waals surface area (Å²) in [6, 6.07) is 10.9. The van der Waals surface area contributed by atoms with Gasteiger partial charge in [0.25, 0.3) is 11.8 Å². The molecule has 0 spiro atoms. The summed E-state index contributed by atoms with van der Waals surface area (Å²) in [6.07, 6.45) is 6.63. The summed E-state index contributed by atoms with van der Waals surface area (Å²) in [5, 5.41) is 7.17. The number of fused-ring (bicyclic) bond motifs is 1. The van der Waals surface area contributed by atoms with Crippen molar-refractivity contribution in [3.8, 4) is 11.3 Å². The molecule has 0 aliphatic heterocycles. The maximum Gasteiger partial charge on any atom is 0.269 e. The number of aromatic nitrogens is 4. The number of carbonyl (C=O) groups is 2. The summed E-state index contributed by atoms with van der Waals surface area (Å²) in [7, 11) is 3.46. The van der Waals surface area contributed by atoms with E-state index in [4.69, 9.17) is 0 Å². The van der Waals surface area contributed by atoms with Gasteiger partial charge in [-0.3, -0.25) is 14.6 Å². The molecule has 2 amide bonds. The van der Waals surface area contributed by atoms with E-state index in [9.17, 15) is 9.59 Å². The quantitative estimate of drug-likeness (QED) is 0.561. The topological polar surface area (TPSA) is 102 Å². The number of amides is 2. The number of imidazole rings is 1. The zero-order valence-electron chi connectivity index (χ0n) is 15.9. The van der Waals surface area contributed by atoms with Crippen molar-refractivity contribution >= 4 is 28.4 Å². The standard InChI is InChI=1S/C21H18N6O2/c1-22-21(29)17-6-5-15(10-24-17)20(28)26-19-8-16-7-13(3-4-14(16)9-25-19)18-11-23-12-27(18)2/h3-12H,1-2H3,(H,22,29)(H,25,26,28). The van der Waals surface area contributed by atoms with E-state index in [0.29, 0.717) is 11.4 Å². The fourth-order valence-electron chi connectivity index (χ4n) is 2.98. The molecular weight excluding hydrogens is 368 g/mol. The molecule has 4 aromatic rings. The van der Waals surface area contributed by atoms with E-state index >= 15 is 0 Å². The van der Waals surface area contributed by atoms with Crippen molar-refractivity contribution in [3.05, 3.63) is 72.6 Å². The number of aryl methyl sites for hydroxylation is 1. The van der Waals surface area contributed by atoms with Crippen LogP contribution in [0.15, 0.2) is 61.3 Å². The van der Waals surface area contributed by atoms with Crippen LogP contribution in [0, 0.1) is 0 Å². The monoisotopic (exact) mass is 386 g/mol. The van der Waals surface area contributed by atoms with Crippen LogP contribution in [0.25, 0.3) is 22.0 Å². The minimum atomic E-state index is -0.351. The van der Waals surface area contributed by atoms with Gasteiger partial charge in [0.15, 0.2) is 0 Å². The van der Waals surface area contributed by atoms with Crippen LogP contribution >= 0.6 is 0 Å². The van der Waals surface area contributed by atoms with Crippen molar-refractivity contribution in [1.82, 2.24) is 24.8 Å². The Balaban J connectivity index is 1.58. The van der Waals surface area contributed by atoms with E-state index in [2.05, 4.69) is 25.6 Å². The lowest BCUT2D eigenvalue weighted by molar-refractivity contribution is 0.0955. The summed E-state index contributed by atoms with van der Waals surface area (Å²) < 4.78 is 1.94. The maximum absolute atomic E-state index is 12.5. The minimum absolute atomic E-state index is 0.246. The SMILES string of the molecule is CNC(=O)c1ccc(C(=O)Nc2cc3cc(-c4cncn4C)ccc3cn2)cn1. The molecule has 0 bridgehead atoms. The molecular formula is C21H18N6O2. The molecule has 144 valence electrons. The molecule has 0 fully saturated rings. The number of nitrogens with one attached hydrogen (secondary N) is 2. The second-order valence-electron chi connectivity index (χ2n) is 6.49. The van der Waals surface area contributed by atoms with Gasteiger partial charge in [-0.15, -0.1) is 0 Å². The van der Waals surface area contributed by atoms with E-state index in [1.807, 2.05) is 35.9 Å². The highest BCUT2D eigenvalue weighted by molar-refractivity contribution is 6.04. The number of pyridine rings is 2. The molecule has 8 nitrogen and oxygen atoms in total. The fourth-order valence-corrected chi connectivity index (χ4v) is 2.98. The Morgan fingerprint density at radius 2 is 1.79 bits per heavy atom. The zero-order chi connectivity index (χ0) is 20.4. The molecule has 3 aromatic heterocycles. The highest BCUT2D eigenvalue weighted by atomic mass is 16.2. The third-order valence-electron chi connectivity index (χ3n) is 4.56. The molecule has 0 aliphatic rings. The highest BCUT2D eigenvalue weighted by Crippen LogP contribution is 2.25. The largest absolute Gasteiger partial charge is 0.354 e. The number of nitrogens with zero attached hydrogens (tertiary/aromatic N) is 4. The molecule has 1 aromatic carbocycles. The summed E-state index contributed by atoms with van der Waals surface area (Å²) in [5.74, 6) is -0.229. The van der Waals surface area contributed by atoms with Crippen LogP contribution in [0.2, 0.25) is 0 Å². The first-order valence-electron chi connectivity index (χ1n) is 8.91. The Kier molecular flexibility index (Phi) is 4.74. The molecule has 0 atom stereocenters. The van der Waals surface area contributed by atoms with Crippen LogP contribution in [0.3, 0.4) is 0 Å². The molecule has 3 heterocycles. The normalized spacial score (nSPS) is 10.7. The number of rotatable bonds is 4. The molecule has 0 radical (unpaired) electrons. The summed E-state index contributed by atoms with van der Waals surface area (Å²) in [4.78, 5) is 36.5. The molecule has 0 aliphatic carbocycles. The van der Waals surface area contributed by atoms with Crippen molar-refractivity contribution in [3.63, 3.8) is 0 Å². The number of benzene rings is 1. The Bertz CT molecular complexity index is 1210. The molecule has 4 rings (SSSR count). The Morgan fingerprint density at radius 1 is 0.931 bits per heavy atom. The van der Waals surface area contributed by atoms with Crippen LogP contribution in [-0.4, -0.2) is 38.4 Å². The first kappa shape index (κ1) is 18.3. The van der Waals surface area contributed by atoms with Gasteiger partial charge in [-0.1, -0.05) is 12.1 Å².